The normalized spacial score (nSPS) is 23.6. The third-order valence-electron chi connectivity index (χ3n) is 3.12. The summed E-state index contributed by atoms with van der Waals surface area (Å²) in [4.78, 5) is 10.3. The van der Waals surface area contributed by atoms with Crippen molar-refractivity contribution in [2.45, 2.75) is 32.4 Å². The van der Waals surface area contributed by atoms with Gasteiger partial charge in [-0.25, -0.2) is 0 Å². The van der Waals surface area contributed by atoms with E-state index in [1.165, 1.54) is 6.07 Å². The third kappa shape index (κ3) is 2.55. The van der Waals surface area contributed by atoms with Crippen molar-refractivity contribution in [3.8, 4) is 0 Å². The topological polar surface area (TPSA) is 64.4 Å². The van der Waals surface area contributed by atoms with Gasteiger partial charge in [0.2, 0.25) is 0 Å². The molecule has 1 aromatic rings. The number of nitrogens with one attached hydrogen (secondary N) is 1. The molecule has 5 nitrogen and oxygen atoms in total. The summed E-state index contributed by atoms with van der Waals surface area (Å²) in [7, 11) is 0. The van der Waals surface area contributed by atoms with Crippen molar-refractivity contribution >= 4 is 11.4 Å². The summed E-state index contributed by atoms with van der Waals surface area (Å²) in [6, 6.07) is 5.38. The standard InChI is InChI=1S/C12H16N2O3/c1-8-7-10(3-4-12(8)14(15)16)13-11-5-6-17-9(11)2/h3-4,7,9,11,13H,5-6H2,1-2H3. The molecule has 1 aliphatic heterocycles. The molecule has 1 N–H and O–H groups in total. The van der Waals surface area contributed by atoms with Gasteiger partial charge in [0.15, 0.2) is 0 Å². The van der Waals surface area contributed by atoms with E-state index < -0.39 is 0 Å². The van der Waals surface area contributed by atoms with E-state index in [4.69, 9.17) is 4.74 Å². The minimum atomic E-state index is -0.361. The number of hydrogen-bond donors (Lipinski definition) is 1. The average Bonchev–Trinajstić information content (AvgIpc) is 2.64. The molecule has 0 aromatic heterocycles. The second-order valence-corrected chi connectivity index (χ2v) is 4.37. The van der Waals surface area contributed by atoms with Crippen LogP contribution in [0.3, 0.4) is 0 Å². The lowest BCUT2D eigenvalue weighted by Crippen LogP contribution is -2.26. The highest BCUT2D eigenvalue weighted by Gasteiger charge is 2.24. The average molecular weight is 236 g/mol. The van der Waals surface area contributed by atoms with Crippen LogP contribution in [-0.4, -0.2) is 23.7 Å². The zero-order valence-corrected chi connectivity index (χ0v) is 9.97. The fourth-order valence-electron chi connectivity index (χ4n) is 2.09. The van der Waals surface area contributed by atoms with E-state index >= 15 is 0 Å². The van der Waals surface area contributed by atoms with Crippen LogP contribution in [0.5, 0.6) is 0 Å². The SMILES string of the molecule is Cc1cc(NC2CCOC2C)ccc1[N+](=O)[O-]. The molecule has 0 aliphatic carbocycles. The van der Waals surface area contributed by atoms with Gasteiger partial charge in [0.05, 0.1) is 17.1 Å². The number of benzene rings is 1. The zero-order valence-electron chi connectivity index (χ0n) is 9.97. The summed E-state index contributed by atoms with van der Waals surface area (Å²) in [5.41, 5.74) is 1.74. The Morgan fingerprint density at radius 3 is 2.82 bits per heavy atom. The summed E-state index contributed by atoms with van der Waals surface area (Å²) in [6.45, 7) is 4.55. The van der Waals surface area contributed by atoms with Crippen molar-refractivity contribution in [3.05, 3.63) is 33.9 Å². The van der Waals surface area contributed by atoms with Crippen LogP contribution in [0, 0.1) is 17.0 Å². The number of anilines is 1. The highest BCUT2D eigenvalue weighted by molar-refractivity contribution is 5.54. The molecule has 1 aliphatic rings. The fraction of sp³-hybridized carbons (Fsp3) is 0.500. The van der Waals surface area contributed by atoms with Gasteiger partial charge in [-0.3, -0.25) is 10.1 Å². The van der Waals surface area contributed by atoms with E-state index in [9.17, 15) is 10.1 Å². The first kappa shape index (κ1) is 11.9. The van der Waals surface area contributed by atoms with E-state index in [1.807, 2.05) is 13.0 Å². The molecule has 2 unspecified atom stereocenters. The van der Waals surface area contributed by atoms with Crippen LogP contribution >= 0.6 is 0 Å². The molecule has 2 atom stereocenters. The van der Waals surface area contributed by atoms with Crippen molar-refractivity contribution in [2.24, 2.45) is 0 Å². The van der Waals surface area contributed by atoms with Gasteiger partial charge in [0.25, 0.3) is 5.69 Å². The monoisotopic (exact) mass is 236 g/mol. The van der Waals surface area contributed by atoms with Crippen molar-refractivity contribution in [3.63, 3.8) is 0 Å². The number of ether oxygens (including phenoxy) is 1. The summed E-state index contributed by atoms with van der Waals surface area (Å²) in [5.74, 6) is 0. The van der Waals surface area contributed by atoms with Gasteiger partial charge in [-0.1, -0.05) is 0 Å². The van der Waals surface area contributed by atoms with Gasteiger partial charge in [-0.15, -0.1) is 0 Å². The first-order valence-corrected chi connectivity index (χ1v) is 5.71. The first-order valence-electron chi connectivity index (χ1n) is 5.71. The van der Waals surface area contributed by atoms with Gasteiger partial charge in [-0.2, -0.15) is 0 Å². The molecule has 0 bridgehead atoms. The second-order valence-electron chi connectivity index (χ2n) is 4.37. The van der Waals surface area contributed by atoms with Gasteiger partial charge in [0.1, 0.15) is 0 Å². The van der Waals surface area contributed by atoms with Crippen LogP contribution in [0.25, 0.3) is 0 Å². The minimum Gasteiger partial charge on any atom is -0.380 e. The van der Waals surface area contributed by atoms with Crippen LogP contribution in [-0.2, 0) is 4.74 Å². The lowest BCUT2D eigenvalue weighted by atomic mass is 10.1. The Bertz CT molecular complexity index is 434. The van der Waals surface area contributed by atoms with Crippen LogP contribution in [0.15, 0.2) is 18.2 Å². The summed E-state index contributed by atoms with van der Waals surface area (Å²) < 4.78 is 5.46. The van der Waals surface area contributed by atoms with Gasteiger partial charge < -0.3 is 10.1 Å². The molecule has 1 aromatic carbocycles. The minimum absolute atomic E-state index is 0.159. The zero-order chi connectivity index (χ0) is 12.4. The molecule has 0 saturated carbocycles. The Labute approximate surface area is 99.9 Å². The van der Waals surface area contributed by atoms with E-state index in [-0.39, 0.29) is 22.8 Å². The third-order valence-corrected chi connectivity index (χ3v) is 3.12. The molecule has 0 radical (unpaired) electrons. The molecule has 0 amide bonds. The van der Waals surface area contributed by atoms with Crippen LogP contribution in [0.1, 0.15) is 18.9 Å². The highest BCUT2D eigenvalue weighted by Crippen LogP contribution is 2.24. The van der Waals surface area contributed by atoms with E-state index in [2.05, 4.69) is 5.32 Å². The van der Waals surface area contributed by atoms with Gasteiger partial charge in [-0.05, 0) is 32.4 Å². The van der Waals surface area contributed by atoms with Crippen molar-refractivity contribution in [2.75, 3.05) is 11.9 Å². The molecule has 92 valence electrons. The molecule has 2 rings (SSSR count). The van der Waals surface area contributed by atoms with Gasteiger partial charge in [0, 0.05) is 23.9 Å². The predicted octanol–water partition coefficient (Wildman–Crippen LogP) is 2.49. The van der Waals surface area contributed by atoms with E-state index in [1.54, 1.807) is 13.0 Å². The van der Waals surface area contributed by atoms with Crippen LogP contribution < -0.4 is 5.32 Å². The molecule has 1 heterocycles. The van der Waals surface area contributed by atoms with Crippen molar-refractivity contribution < 1.29 is 9.66 Å². The Morgan fingerprint density at radius 2 is 2.29 bits per heavy atom. The van der Waals surface area contributed by atoms with Crippen molar-refractivity contribution in [1.29, 1.82) is 0 Å². The largest absolute Gasteiger partial charge is 0.380 e. The number of rotatable bonds is 3. The Morgan fingerprint density at radius 1 is 1.53 bits per heavy atom. The van der Waals surface area contributed by atoms with E-state index in [0.29, 0.717) is 5.56 Å². The molecular formula is C12H16N2O3. The first-order chi connectivity index (χ1) is 8.08. The molecule has 1 fully saturated rings. The van der Waals surface area contributed by atoms with Crippen LogP contribution in [0.4, 0.5) is 11.4 Å². The number of nitro groups is 1. The smallest absolute Gasteiger partial charge is 0.272 e. The molecular weight excluding hydrogens is 220 g/mol. The Kier molecular flexibility index (Phi) is 3.28. The quantitative estimate of drug-likeness (QED) is 0.647. The lowest BCUT2D eigenvalue weighted by Gasteiger charge is -2.17. The molecule has 5 heteroatoms. The van der Waals surface area contributed by atoms with E-state index in [0.717, 1.165) is 18.7 Å². The number of aryl methyl sites for hydroxylation is 1. The summed E-state index contributed by atoms with van der Waals surface area (Å²) >= 11 is 0. The molecule has 0 spiro atoms. The summed E-state index contributed by atoms with van der Waals surface area (Å²) in [5, 5.41) is 14.0. The fourth-order valence-corrected chi connectivity index (χ4v) is 2.09. The maximum atomic E-state index is 10.7. The maximum Gasteiger partial charge on any atom is 0.272 e. The number of hydrogen-bond acceptors (Lipinski definition) is 4. The highest BCUT2D eigenvalue weighted by atomic mass is 16.6. The number of nitrogens with zero attached hydrogens (tertiary/aromatic N) is 1. The lowest BCUT2D eigenvalue weighted by molar-refractivity contribution is -0.385. The Balaban J connectivity index is 2.12. The summed E-state index contributed by atoms with van der Waals surface area (Å²) in [6.07, 6.45) is 1.16. The second kappa shape index (κ2) is 4.71. The number of nitro benzene ring substituents is 1. The molecule has 1 saturated heterocycles. The Hall–Kier alpha value is -1.62. The maximum absolute atomic E-state index is 10.7. The van der Waals surface area contributed by atoms with Crippen molar-refractivity contribution in [1.82, 2.24) is 0 Å². The molecule has 17 heavy (non-hydrogen) atoms. The predicted molar refractivity (Wildman–Crippen MR) is 65.3 cm³/mol. The van der Waals surface area contributed by atoms with Gasteiger partial charge >= 0.3 is 0 Å². The van der Waals surface area contributed by atoms with Crippen LogP contribution in [0.2, 0.25) is 0 Å².